The molecule has 4 heterocycles. The Labute approximate surface area is 208 Å². The molecule has 0 radical (unpaired) electrons. The van der Waals surface area contributed by atoms with E-state index in [1.54, 1.807) is 4.57 Å². The molecule has 1 aromatic carbocycles. The molecule has 0 unspecified atom stereocenters. The highest BCUT2D eigenvalue weighted by Crippen LogP contribution is 2.42. The molecule has 2 aliphatic rings. The van der Waals surface area contributed by atoms with E-state index in [1.807, 2.05) is 0 Å². The van der Waals surface area contributed by atoms with E-state index in [1.165, 1.54) is 62.7 Å². The molecule has 12 heteroatoms. The van der Waals surface area contributed by atoms with E-state index in [0.29, 0.717) is 16.9 Å². The van der Waals surface area contributed by atoms with Gasteiger partial charge in [0.15, 0.2) is 17.8 Å². The van der Waals surface area contributed by atoms with Gasteiger partial charge in [-0.1, -0.05) is 6.08 Å². The molecule has 0 saturated carbocycles. The van der Waals surface area contributed by atoms with Crippen molar-refractivity contribution >= 4 is 17.0 Å². The number of rotatable bonds is 4. The number of ether oxygens (including phenoxy) is 2. The molecule has 0 fully saturated rings. The van der Waals surface area contributed by atoms with Gasteiger partial charge in [0.05, 0.1) is 17.1 Å². The second kappa shape index (κ2) is 9.04. The highest BCUT2D eigenvalue weighted by molar-refractivity contribution is 5.88. The largest absolute Gasteiger partial charge is 0.449 e. The number of halogens is 3. The fourth-order valence-electron chi connectivity index (χ4n) is 4.33. The van der Waals surface area contributed by atoms with Crippen LogP contribution in [-0.2, 0) is 19.9 Å². The fourth-order valence-corrected chi connectivity index (χ4v) is 4.33. The molecule has 9 nitrogen and oxygen atoms in total. The van der Waals surface area contributed by atoms with Gasteiger partial charge >= 0.3 is 12.6 Å². The third-order valence-electron chi connectivity index (χ3n) is 5.99. The normalized spacial score (nSPS) is 23.5. The predicted octanol–water partition coefficient (Wildman–Crippen LogP) is 3.92. The predicted molar refractivity (Wildman–Crippen MR) is 125 cm³/mol. The Morgan fingerprint density at radius 1 is 1.27 bits per heavy atom. The van der Waals surface area contributed by atoms with Crippen molar-refractivity contribution in [2.24, 2.45) is 5.73 Å². The summed E-state index contributed by atoms with van der Waals surface area (Å²) in [6.07, 6.45) is 7.36. The van der Waals surface area contributed by atoms with Crippen LogP contribution in [0.5, 0.6) is 0 Å². The lowest BCUT2D eigenvalue weighted by Crippen LogP contribution is -2.19. The Morgan fingerprint density at radius 2 is 2.00 bits per heavy atom. The Balaban J connectivity index is 1.65. The van der Waals surface area contributed by atoms with Crippen molar-refractivity contribution < 1.29 is 32.5 Å². The van der Waals surface area contributed by atoms with E-state index in [2.05, 4.69) is 19.7 Å². The number of hydrogen-bond donors (Lipinski definition) is 2. The summed E-state index contributed by atoms with van der Waals surface area (Å²) in [5, 5.41) is 10.1. The number of fused-ring (bicyclic) bond motifs is 7. The molecule has 0 spiro atoms. The van der Waals surface area contributed by atoms with E-state index >= 15 is 4.39 Å². The fraction of sp³-hybridized carbons (Fsp3) is 0.280. The summed E-state index contributed by atoms with van der Waals surface area (Å²) in [7, 11) is 0. The van der Waals surface area contributed by atoms with E-state index in [4.69, 9.17) is 10.5 Å². The van der Waals surface area contributed by atoms with Gasteiger partial charge in [0.25, 0.3) is 0 Å². The lowest BCUT2D eigenvalue weighted by molar-refractivity contribution is -0.144. The van der Waals surface area contributed by atoms with Gasteiger partial charge in [0.2, 0.25) is 0 Å². The minimum absolute atomic E-state index is 0.148. The highest BCUT2D eigenvalue weighted by atomic mass is 19.3. The van der Waals surface area contributed by atoms with Gasteiger partial charge in [-0.2, -0.15) is 8.78 Å². The summed E-state index contributed by atoms with van der Waals surface area (Å²) in [6, 6.07) is 2.16. The maximum atomic E-state index is 15.1. The van der Waals surface area contributed by atoms with E-state index < -0.39 is 36.1 Å². The Bertz CT molecular complexity index is 1470. The number of carbonyl (C=O) groups excluding carboxylic acids is 1. The van der Waals surface area contributed by atoms with Crippen LogP contribution in [0, 0.1) is 5.82 Å². The highest BCUT2D eigenvalue weighted by Gasteiger charge is 2.37. The minimum atomic E-state index is -3.08. The van der Waals surface area contributed by atoms with Gasteiger partial charge in [-0.3, -0.25) is 0 Å². The lowest BCUT2D eigenvalue weighted by atomic mass is 10.1. The van der Waals surface area contributed by atoms with Gasteiger partial charge in [0.1, 0.15) is 22.9 Å². The van der Waals surface area contributed by atoms with Crippen LogP contribution in [0.1, 0.15) is 44.1 Å². The van der Waals surface area contributed by atoms with E-state index in [9.17, 15) is 18.7 Å². The van der Waals surface area contributed by atoms with Crippen molar-refractivity contribution in [1.82, 2.24) is 19.5 Å². The van der Waals surface area contributed by atoms with Gasteiger partial charge < -0.3 is 24.9 Å². The lowest BCUT2D eigenvalue weighted by Gasteiger charge is -2.15. The molecule has 192 valence electrons. The SMILES string of the molecule is CC(C)(O)c1ncc(-c2cc3c(cc2F)nc2n3[C@H]3/C=C(OC(F)F)/C=C\C=C(/N)C(=O)O[C@@H]2C3)cn1. The first kappa shape index (κ1) is 24.5. The zero-order valence-electron chi connectivity index (χ0n) is 19.7. The smallest absolute Gasteiger partial charge is 0.387 e. The number of esters is 1. The summed E-state index contributed by atoms with van der Waals surface area (Å²) in [5.74, 6) is -1.07. The molecular weight excluding hydrogens is 491 g/mol. The van der Waals surface area contributed by atoms with Crippen molar-refractivity contribution in [3.8, 4) is 11.1 Å². The number of hydrogen-bond acceptors (Lipinski definition) is 8. The number of alkyl halides is 2. The molecular formula is C25H22F3N5O4. The van der Waals surface area contributed by atoms with Crippen molar-refractivity contribution in [3.05, 3.63) is 77.8 Å². The molecule has 5 rings (SSSR count). The van der Waals surface area contributed by atoms with Crippen LogP contribution in [0.15, 0.2) is 60.3 Å². The first-order valence-corrected chi connectivity index (χ1v) is 11.3. The zero-order chi connectivity index (χ0) is 26.5. The summed E-state index contributed by atoms with van der Waals surface area (Å²) >= 11 is 0. The van der Waals surface area contributed by atoms with Crippen molar-refractivity contribution in [2.75, 3.05) is 0 Å². The van der Waals surface area contributed by atoms with Crippen molar-refractivity contribution in [2.45, 2.75) is 44.6 Å². The van der Waals surface area contributed by atoms with Crippen LogP contribution in [0.25, 0.3) is 22.2 Å². The van der Waals surface area contributed by atoms with Crippen LogP contribution in [0.3, 0.4) is 0 Å². The standard InChI is InChI=1S/C25H22F3N5O4/c1-25(2,35)23-30-10-12(11-31-23)15-8-19-18(9-16(15)26)32-21-20-7-13(33(19)21)6-14(36-24(27)28)4-3-5-17(29)22(34)37-20/h3-6,8-11,13,20,24,35H,7,29H2,1-2H3/b4-3-,14-6-,17-5-/t13-,20+/m0/s1. The van der Waals surface area contributed by atoms with Crippen LogP contribution < -0.4 is 5.73 Å². The molecule has 0 saturated heterocycles. The van der Waals surface area contributed by atoms with Crippen LogP contribution in [-0.4, -0.2) is 37.2 Å². The molecule has 3 N–H and O–H groups in total. The average Bonchev–Trinajstić information content (AvgIpc) is 3.33. The third kappa shape index (κ3) is 4.67. The number of nitrogens with zero attached hydrogens (tertiary/aromatic N) is 4. The Morgan fingerprint density at radius 3 is 2.68 bits per heavy atom. The van der Waals surface area contributed by atoms with Gasteiger partial charge in [-0.05, 0) is 38.1 Å². The van der Waals surface area contributed by atoms with Crippen molar-refractivity contribution in [1.29, 1.82) is 0 Å². The number of aliphatic hydroxyl groups is 1. The first-order valence-electron chi connectivity index (χ1n) is 11.3. The second-order valence-corrected chi connectivity index (χ2v) is 9.14. The number of benzene rings is 1. The molecule has 2 aliphatic heterocycles. The average molecular weight is 513 g/mol. The summed E-state index contributed by atoms with van der Waals surface area (Å²) < 4.78 is 53.2. The summed E-state index contributed by atoms with van der Waals surface area (Å²) in [4.78, 5) is 25.2. The van der Waals surface area contributed by atoms with Gasteiger partial charge in [0, 0.05) is 36.0 Å². The monoisotopic (exact) mass is 513 g/mol. The maximum absolute atomic E-state index is 15.1. The molecule has 0 amide bonds. The Hall–Kier alpha value is -4.19. The second-order valence-electron chi connectivity index (χ2n) is 9.14. The van der Waals surface area contributed by atoms with E-state index in [0.717, 1.165) is 0 Å². The van der Waals surface area contributed by atoms with Gasteiger partial charge in [-0.15, -0.1) is 0 Å². The number of allylic oxidation sites excluding steroid dienone is 4. The van der Waals surface area contributed by atoms with E-state index in [-0.39, 0.29) is 34.8 Å². The molecule has 3 aromatic rings. The topological polar surface area (TPSA) is 125 Å². The molecule has 2 aromatic heterocycles. The Kier molecular flexibility index (Phi) is 5.98. The maximum Gasteiger partial charge on any atom is 0.387 e. The molecule has 37 heavy (non-hydrogen) atoms. The van der Waals surface area contributed by atoms with Crippen LogP contribution >= 0.6 is 0 Å². The summed E-state index contributed by atoms with van der Waals surface area (Å²) in [6.45, 7) is -0.0146. The number of imidazole rings is 1. The van der Waals surface area contributed by atoms with Crippen molar-refractivity contribution in [3.63, 3.8) is 0 Å². The molecule has 2 bridgehead atoms. The zero-order valence-corrected chi connectivity index (χ0v) is 19.7. The van der Waals surface area contributed by atoms with Crippen LogP contribution in [0.4, 0.5) is 13.2 Å². The number of aromatic nitrogens is 4. The molecule has 2 atom stereocenters. The van der Waals surface area contributed by atoms with Gasteiger partial charge in [-0.25, -0.2) is 24.1 Å². The first-order chi connectivity index (χ1) is 17.5. The third-order valence-corrected chi connectivity index (χ3v) is 5.99. The summed E-state index contributed by atoms with van der Waals surface area (Å²) in [5.41, 5.74) is 5.52. The minimum Gasteiger partial charge on any atom is -0.449 e. The number of carbonyl (C=O) groups is 1. The quantitative estimate of drug-likeness (QED) is 0.503. The number of nitrogens with two attached hydrogens (primary N) is 1. The molecule has 0 aliphatic carbocycles. The van der Waals surface area contributed by atoms with Crippen LogP contribution in [0.2, 0.25) is 0 Å².